The first-order valence-electron chi connectivity index (χ1n) is 32.0. The Morgan fingerprint density at radius 2 is 0.478 bits per heavy atom. The van der Waals surface area contributed by atoms with Gasteiger partial charge in [-0.3, -0.25) is 0 Å². The zero-order chi connectivity index (χ0) is 66.6. The summed E-state index contributed by atoms with van der Waals surface area (Å²) >= 11 is 0. The highest BCUT2D eigenvalue weighted by atomic mass is 16.5. The minimum absolute atomic E-state index is 0.0828. The van der Waals surface area contributed by atoms with Crippen LogP contribution in [0.5, 0.6) is 46.0 Å². The highest BCUT2D eigenvalue weighted by Gasteiger charge is 2.37. The zero-order valence-electron chi connectivity index (χ0n) is 57.9. The summed E-state index contributed by atoms with van der Waals surface area (Å²) < 4.78 is 11.2. The molecule has 1 aliphatic rings. The van der Waals surface area contributed by atoms with Crippen LogP contribution in [0.2, 0.25) is 0 Å². The lowest BCUT2D eigenvalue weighted by molar-refractivity contribution is 0.414. The summed E-state index contributed by atoms with van der Waals surface area (Å²) in [7, 11) is 3.32. The summed E-state index contributed by atoms with van der Waals surface area (Å²) in [5.41, 5.74) is 11.1. The SMILES string of the molecule is COc1ccc(C(C)(C)c2cc3c(O)c(c2)Cc2cc(cc(C(C)(C)C)c2O)C(C)(C)c2cc(c(O)c(C(C)(C)C)c2)Cc2cc(C(C)(C)c4ccc(OC)cc4)cc(c2O)Cc2cc(cc(C(C)(C)C)c2O)C(C)(C)c2cc(c(O)c(C(C)(C)C)c2)C3)cc1. The molecule has 9 rings (SSSR count). The fourth-order valence-corrected chi connectivity index (χ4v) is 13.3. The number of hydrogen-bond acceptors (Lipinski definition) is 8. The highest BCUT2D eigenvalue weighted by Crippen LogP contribution is 2.50. The molecule has 0 saturated heterocycles. The van der Waals surface area contributed by atoms with Gasteiger partial charge in [-0.05, 0) is 157 Å². The van der Waals surface area contributed by atoms with Crippen LogP contribution in [0.4, 0.5) is 0 Å². The maximum atomic E-state index is 13.1. The normalized spacial score (nSPS) is 14.8. The van der Waals surface area contributed by atoms with E-state index in [1.165, 1.54) is 0 Å². The molecule has 0 saturated carbocycles. The van der Waals surface area contributed by atoms with Crippen molar-refractivity contribution in [3.63, 3.8) is 0 Å². The average Bonchev–Trinajstić information content (AvgIpc) is 0.930. The molecule has 8 heteroatoms. The van der Waals surface area contributed by atoms with Crippen LogP contribution in [-0.4, -0.2) is 44.9 Å². The summed E-state index contributed by atoms with van der Waals surface area (Å²) in [6.45, 7) is 42.7. The van der Waals surface area contributed by atoms with Crippen LogP contribution >= 0.6 is 0 Å². The van der Waals surface area contributed by atoms with E-state index in [-0.39, 0.29) is 60.2 Å². The molecule has 0 heterocycles. The average molecular weight is 1210 g/mol. The molecule has 0 aliphatic heterocycles. The van der Waals surface area contributed by atoms with Crippen LogP contribution in [-0.2, 0) is 69.0 Å². The minimum Gasteiger partial charge on any atom is -0.507 e. The molecule has 8 aromatic carbocycles. The topological polar surface area (TPSA) is 140 Å². The predicted molar refractivity (Wildman–Crippen MR) is 369 cm³/mol. The molecule has 1 aliphatic carbocycles. The number of phenols is 6. The Kier molecular flexibility index (Phi) is 17.1. The third kappa shape index (κ3) is 12.5. The van der Waals surface area contributed by atoms with Gasteiger partial charge < -0.3 is 40.1 Å². The Hall–Kier alpha value is -7.84. The van der Waals surface area contributed by atoms with Crippen LogP contribution in [0, 0.1) is 0 Å². The van der Waals surface area contributed by atoms with Crippen molar-refractivity contribution < 1.29 is 40.1 Å². The molecule has 0 radical (unpaired) electrons. The van der Waals surface area contributed by atoms with Gasteiger partial charge in [-0.15, -0.1) is 0 Å². The first kappa shape index (κ1) is 66.6. The second-order valence-corrected chi connectivity index (χ2v) is 32.1. The summed E-state index contributed by atoms with van der Waals surface area (Å²) in [6.07, 6.45) is 0.701. The summed E-state index contributed by atoms with van der Waals surface area (Å²) in [6, 6.07) is 41.3. The van der Waals surface area contributed by atoms with Crippen molar-refractivity contribution >= 4 is 0 Å². The third-order valence-electron chi connectivity index (χ3n) is 20.0. The largest absolute Gasteiger partial charge is 0.507 e. The van der Waals surface area contributed by atoms with E-state index < -0.39 is 43.3 Å². The Morgan fingerprint density at radius 1 is 0.278 bits per heavy atom. The van der Waals surface area contributed by atoms with Crippen LogP contribution in [0.25, 0.3) is 0 Å². The van der Waals surface area contributed by atoms with E-state index >= 15 is 0 Å². The van der Waals surface area contributed by atoms with Crippen LogP contribution in [0.1, 0.15) is 250 Å². The molecule has 0 aromatic heterocycles. The van der Waals surface area contributed by atoms with Crippen molar-refractivity contribution in [1.82, 2.24) is 0 Å². The van der Waals surface area contributed by atoms with Gasteiger partial charge in [-0.2, -0.15) is 0 Å². The zero-order valence-corrected chi connectivity index (χ0v) is 57.9. The summed E-state index contributed by atoms with van der Waals surface area (Å²) in [5.74, 6) is 2.28. The van der Waals surface area contributed by atoms with E-state index in [1.807, 2.05) is 24.3 Å². The number of fused-ring (bicyclic) bond motifs is 12. The van der Waals surface area contributed by atoms with Crippen LogP contribution in [0.3, 0.4) is 0 Å². The Bertz CT molecular complexity index is 3590. The molecule has 6 N–H and O–H groups in total. The molecule has 12 bridgehead atoms. The van der Waals surface area contributed by atoms with Gasteiger partial charge in [0.25, 0.3) is 0 Å². The molecule has 0 unspecified atom stereocenters. The van der Waals surface area contributed by atoms with E-state index in [4.69, 9.17) is 9.47 Å². The van der Waals surface area contributed by atoms with Crippen LogP contribution in [0.15, 0.2) is 121 Å². The number of aromatic hydroxyl groups is 6. The van der Waals surface area contributed by atoms with Crippen molar-refractivity contribution in [2.24, 2.45) is 0 Å². The van der Waals surface area contributed by atoms with Gasteiger partial charge >= 0.3 is 0 Å². The number of rotatable bonds is 6. The number of methoxy groups -OCH3 is 2. The second kappa shape index (κ2) is 23.1. The first-order valence-corrected chi connectivity index (χ1v) is 32.0. The van der Waals surface area contributed by atoms with Gasteiger partial charge in [-0.25, -0.2) is 0 Å². The number of hydrogen-bond donors (Lipinski definition) is 6. The molecule has 0 fully saturated rings. The second-order valence-electron chi connectivity index (χ2n) is 32.1. The number of phenolic OH excluding ortho intramolecular Hbond substituents is 6. The Labute approximate surface area is 537 Å². The lowest BCUT2D eigenvalue weighted by Crippen LogP contribution is -2.24. The van der Waals surface area contributed by atoms with Gasteiger partial charge in [0.2, 0.25) is 0 Å². The van der Waals surface area contributed by atoms with E-state index in [1.54, 1.807) is 14.2 Å². The molecule has 0 atom stereocenters. The maximum Gasteiger partial charge on any atom is 0.122 e. The van der Waals surface area contributed by atoms with E-state index in [0.29, 0.717) is 44.5 Å². The summed E-state index contributed by atoms with van der Waals surface area (Å²) in [5, 5.41) is 77.1. The van der Waals surface area contributed by atoms with E-state index in [9.17, 15) is 30.6 Å². The van der Waals surface area contributed by atoms with Gasteiger partial charge in [0, 0.05) is 47.3 Å². The lowest BCUT2D eigenvalue weighted by atomic mass is 9.71. The van der Waals surface area contributed by atoms with Crippen molar-refractivity contribution in [3.05, 3.63) is 233 Å². The molecular formula is C82H100O8. The minimum atomic E-state index is -0.746. The van der Waals surface area contributed by atoms with Crippen molar-refractivity contribution in [2.75, 3.05) is 14.2 Å². The third-order valence-corrected chi connectivity index (χ3v) is 20.0. The quantitative estimate of drug-likeness (QED) is 0.0968. The number of ether oxygens (including phenoxy) is 2. The highest BCUT2D eigenvalue weighted by molar-refractivity contribution is 5.63. The summed E-state index contributed by atoms with van der Waals surface area (Å²) in [4.78, 5) is 0. The maximum absolute atomic E-state index is 13.1. The Balaban J connectivity index is 1.41. The molecule has 0 spiro atoms. The standard InChI is InChI=1S/C82H100O8/c1-75(2,3)65-43-59-39-51(71(65)85)31-47-35-57(79(13,14)55-23-27-63(89-21)28-24-55)36-48(69(47)83)32-53-41-61(45-67(73(53)87)77(7,8)9)82(19,20)62-42-54(74(88)68(46-62)78(10,11)12)34-50-38-58(80(15,16)56-25-29-64(90-22)30-26-56)37-49(70(50)84)33-52-40-60(81(59,17)18)44-66(72(52)86)76(4,5)6/h23-30,35-46,83-88H,31-34H2,1-22H3. The smallest absolute Gasteiger partial charge is 0.122 e. The van der Waals surface area contributed by atoms with E-state index in [2.05, 4.69) is 236 Å². The van der Waals surface area contributed by atoms with Gasteiger partial charge in [0.05, 0.1) is 14.2 Å². The molecule has 0 amide bonds. The Morgan fingerprint density at radius 3 is 0.667 bits per heavy atom. The fraction of sp³-hybridized carbons (Fsp3) is 0.415. The van der Waals surface area contributed by atoms with Gasteiger partial charge in [0.1, 0.15) is 46.0 Å². The predicted octanol–water partition coefficient (Wildman–Crippen LogP) is 19.1. The van der Waals surface area contributed by atoms with Crippen molar-refractivity contribution in [2.45, 2.75) is 207 Å². The van der Waals surface area contributed by atoms with Crippen molar-refractivity contribution in [1.29, 1.82) is 0 Å². The molecule has 8 aromatic rings. The lowest BCUT2D eigenvalue weighted by Gasteiger charge is -2.33. The monoisotopic (exact) mass is 1210 g/mol. The van der Waals surface area contributed by atoms with Crippen molar-refractivity contribution in [3.8, 4) is 46.0 Å². The van der Waals surface area contributed by atoms with Crippen LogP contribution < -0.4 is 9.47 Å². The molecular weight excluding hydrogens is 1110 g/mol. The molecule has 476 valence electrons. The van der Waals surface area contributed by atoms with Gasteiger partial charge in [0.15, 0.2) is 0 Å². The van der Waals surface area contributed by atoms with Gasteiger partial charge in [-0.1, -0.05) is 236 Å². The fourth-order valence-electron chi connectivity index (χ4n) is 13.3. The molecule has 90 heavy (non-hydrogen) atoms. The first-order chi connectivity index (χ1) is 41.5. The number of benzene rings is 8. The van der Waals surface area contributed by atoms with E-state index in [0.717, 1.165) is 78.3 Å². The molecule has 8 nitrogen and oxygen atoms in total.